The molecular weight excluding hydrogens is 351 g/mol. The molecule has 0 aromatic heterocycles. The Hall–Kier alpha value is -0.820. The molecule has 0 aliphatic carbocycles. The van der Waals surface area contributed by atoms with E-state index in [4.69, 9.17) is 0 Å². The summed E-state index contributed by atoms with van der Waals surface area (Å²) in [5, 5.41) is 3.38. The van der Waals surface area contributed by atoms with Gasteiger partial charge in [0.05, 0.1) is 6.54 Å². The summed E-state index contributed by atoms with van der Waals surface area (Å²) in [7, 11) is 4.22. The Balaban J connectivity index is 0.00000180. The second-order valence-corrected chi connectivity index (χ2v) is 4.78. The van der Waals surface area contributed by atoms with Gasteiger partial charge in [0, 0.05) is 33.2 Å². The van der Waals surface area contributed by atoms with Crippen LogP contribution in [0.4, 0.5) is 0 Å². The third-order valence-corrected chi connectivity index (χ3v) is 3.13. The molecular formula is C14H23IN4. The number of hydrogen-bond acceptors (Lipinski definition) is 4. The lowest BCUT2D eigenvalue weighted by atomic mass is 10.2. The van der Waals surface area contributed by atoms with E-state index < -0.39 is 0 Å². The van der Waals surface area contributed by atoms with Crippen molar-refractivity contribution >= 4 is 29.9 Å². The molecule has 0 fully saturated rings. The third kappa shape index (κ3) is 5.36. The highest BCUT2D eigenvalue weighted by molar-refractivity contribution is 14.0. The first-order chi connectivity index (χ1) is 8.75. The molecule has 0 amide bonds. The van der Waals surface area contributed by atoms with E-state index in [1.807, 2.05) is 0 Å². The lowest BCUT2D eigenvalue weighted by Gasteiger charge is -2.19. The van der Waals surface area contributed by atoms with Gasteiger partial charge in [0.1, 0.15) is 0 Å². The van der Waals surface area contributed by atoms with Crippen molar-refractivity contribution in [2.24, 2.45) is 4.99 Å². The number of likely N-dealkylation sites (N-methyl/N-ethyl adjacent to an activating group) is 2. The SMILES string of the molecule is CN(CCNC1=NCCN1C)Cc1ccccc1.I. The van der Waals surface area contributed by atoms with Crippen LogP contribution < -0.4 is 5.32 Å². The zero-order valence-corrected chi connectivity index (χ0v) is 14.0. The maximum Gasteiger partial charge on any atom is 0.193 e. The van der Waals surface area contributed by atoms with E-state index in [9.17, 15) is 0 Å². The second kappa shape index (κ2) is 8.37. The van der Waals surface area contributed by atoms with Gasteiger partial charge in [-0.05, 0) is 12.6 Å². The summed E-state index contributed by atoms with van der Waals surface area (Å²) in [6.07, 6.45) is 0. The number of aliphatic imine (C=N–C) groups is 1. The summed E-state index contributed by atoms with van der Waals surface area (Å²) < 4.78 is 0. The van der Waals surface area contributed by atoms with Crippen LogP contribution in [0.15, 0.2) is 35.3 Å². The van der Waals surface area contributed by atoms with E-state index in [0.717, 1.165) is 38.7 Å². The highest BCUT2D eigenvalue weighted by Crippen LogP contribution is 2.01. The second-order valence-electron chi connectivity index (χ2n) is 4.78. The molecule has 0 spiro atoms. The number of nitrogens with one attached hydrogen (secondary N) is 1. The lowest BCUT2D eigenvalue weighted by molar-refractivity contribution is 0.330. The predicted molar refractivity (Wildman–Crippen MR) is 91.1 cm³/mol. The quantitative estimate of drug-likeness (QED) is 0.795. The van der Waals surface area contributed by atoms with Gasteiger partial charge in [-0.25, -0.2) is 0 Å². The smallest absolute Gasteiger partial charge is 0.193 e. The van der Waals surface area contributed by atoms with Crippen molar-refractivity contribution in [1.29, 1.82) is 0 Å². The molecule has 0 atom stereocenters. The standard InChI is InChI=1S/C14H22N4.HI/c1-17(12-13-6-4-3-5-7-13)10-8-15-14-16-9-11-18(14)2;/h3-7H,8-12H2,1-2H3,(H,15,16);1H. The van der Waals surface area contributed by atoms with Gasteiger partial charge in [0.25, 0.3) is 0 Å². The van der Waals surface area contributed by atoms with Crippen LogP contribution in [0.3, 0.4) is 0 Å². The molecule has 1 N–H and O–H groups in total. The summed E-state index contributed by atoms with van der Waals surface area (Å²) in [6, 6.07) is 10.6. The molecule has 1 heterocycles. The molecule has 0 saturated heterocycles. The molecule has 1 aliphatic heterocycles. The average Bonchev–Trinajstić information content (AvgIpc) is 2.76. The van der Waals surface area contributed by atoms with Crippen LogP contribution in [-0.4, -0.2) is 56.0 Å². The number of hydrogen-bond donors (Lipinski definition) is 1. The van der Waals surface area contributed by atoms with Gasteiger partial charge in [-0.15, -0.1) is 24.0 Å². The fourth-order valence-electron chi connectivity index (χ4n) is 2.06. The van der Waals surface area contributed by atoms with Crippen molar-refractivity contribution in [2.75, 3.05) is 40.3 Å². The van der Waals surface area contributed by atoms with Crippen molar-refractivity contribution in [3.63, 3.8) is 0 Å². The molecule has 0 bridgehead atoms. The van der Waals surface area contributed by atoms with E-state index in [0.29, 0.717) is 0 Å². The predicted octanol–water partition coefficient (Wildman–Crippen LogP) is 1.63. The van der Waals surface area contributed by atoms with Crippen molar-refractivity contribution in [3.05, 3.63) is 35.9 Å². The number of benzene rings is 1. The van der Waals surface area contributed by atoms with Crippen LogP contribution in [0.25, 0.3) is 0 Å². The molecule has 106 valence electrons. The lowest BCUT2D eigenvalue weighted by Crippen LogP contribution is -2.39. The number of rotatable bonds is 5. The van der Waals surface area contributed by atoms with Gasteiger partial charge in [0.2, 0.25) is 0 Å². The van der Waals surface area contributed by atoms with Gasteiger partial charge in [-0.3, -0.25) is 4.99 Å². The van der Waals surface area contributed by atoms with Crippen LogP contribution in [0.2, 0.25) is 0 Å². The first-order valence-electron chi connectivity index (χ1n) is 6.47. The largest absolute Gasteiger partial charge is 0.355 e. The Morgan fingerprint density at radius 3 is 2.68 bits per heavy atom. The highest BCUT2D eigenvalue weighted by Gasteiger charge is 2.11. The first-order valence-corrected chi connectivity index (χ1v) is 6.47. The Kier molecular flexibility index (Phi) is 7.15. The fourth-order valence-corrected chi connectivity index (χ4v) is 2.06. The summed E-state index contributed by atoms with van der Waals surface area (Å²) in [4.78, 5) is 8.89. The monoisotopic (exact) mass is 374 g/mol. The van der Waals surface area contributed by atoms with Crippen molar-refractivity contribution in [3.8, 4) is 0 Å². The first kappa shape index (κ1) is 16.2. The third-order valence-electron chi connectivity index (χ3n) is 3.13. The van der Waals surface area contributed by atoms with E-state index >= 15 is 0 Å². The van der Waals surface area contributed by atoms with E-state index in [-0.39, 0.29) is 24.0 Å². The minimum Gasteiger partial charge on any atom is -0.355 e. The van der Waals surface area contributed by atoms with Crippen LogP contribution in [-0.2, 0) is 6.54 Å². The zero-order valence-electron chi connectivity index (χ0n) is 11.7. The Bertz CT molecular complexity index is 394. The molecule has 0 saturated carbocycles. The van der Waals surface area contributed by atoms with E-state index in [1.54, 1.807) is 0 Å². The fraction of sp³-hybridized carbons (Fsp3) is 0.500. The number of guanidine groups is 1. The van der Waals surface area contributed by atoms with Gasteiger partial charge < -0.3 is 15.1 Å². The Morgan fingerprint density at radius 2 is 2.05 bits per heavy atom. The topological polar surface area (TPSA) is 30.9 Å². The molecule has 0 unspecified atom stereocenters. The van der Waals surface area contributed by atoms with Crippen molar-refractivity contribution in [1.82, 2.24) is 15.1 Å². The molecule has 4 nitrogen and oxygen atoms in total. The van der Waals surface area contributed by atoms with Gasteiger partial charge in [-0.1, -0.05) is 30.3 Å². The molecule has 0 radical (unpaired) electrons. The molecule has 1 aromatic carbocycles. The summed E-state index contributed by atoms with van der Waals surface area (Å²) in [5.74, 6) is 1.03. The summed E-state index contributed by atoms with van der Waals surface area (Å²) >= 11 is 0. The van der Waals surface area contributed by atoms with Gasteiger partial charge in [0.15, 0.2) is 5.96 Å². The molecule has 1 aromatic rings. The number of halogens is 1. The van der Waals surface area contributed by atoms with Crippen molar-refractivity contribution < 1.29 is 0 Å². The minimum absolute atomic E-state index is 0. The van der Waals surface area contributed by atoms with Gasteiger partial charge in [-0.2, -0.15) is 0 Å². The van der Waals surface area contributed by atoms with Gasteiger partial charge >= 0.3 is 0 Å². The maximum absolute atomic E-state index is 4.41. The zero-order chi connectivity index (χ0) is 12.8. The number of nitrogens with zero attached hydrogens (tertiary/aromatic N) is 3. The summed E-state index contributed by atoms with van der Waals surface area (Å²) in [5.41, 5.74) is 1.36. The molecule has 19 heavy (non-hydrogen) atoms. The van der Waals surface area contributed by atoms with E-state index in [2.05, 4.69) is 64.5 Å². The highest BCUT2D eigenvalue weighted by atomic mass is 127. The van der Waals surface area contributed by atoms with E-state index in [1.165, 1.54) is 5.56 Å². The summed E-state index contributed by atoms with van der Waals surface area (Å²) in [6.45, 7) is 4.89. The average molecular weight is 374 g/mol. The molecule has 5 heteroatoms. The minimum atomic E-state index is 0. The van der Waals surface area contributed by atoms with Crippen LogP contribution in [0.1, 0.15) is 5.56 Å². The van der Waals surface area contributed by atoms with Crippen LogP contribution in [0, 0.1) is 0 Å². The molecule has 1 aliphatic rings. The van der Waals surface area contributed by atoms with Crippen LogP contribution in [0.5, 0.6) is 0 Å². The molecule has 2 rings (SSSR count). The van der Waals surface area contributed by atoms with Crippen molar-refractivity contribution in [2.45, 2.75) is 6.54 Å². The van der Waals surface area contributed by atoms with Crippen LogP contribution >= 0.6 is 24.0 Å². The maximum atomic E-state index is 4.41. The Morgan fingerprint density at radius 1 is 1.32 bits per heavy atom. The Labute approximate surface area is 132 Å². The normalized spacial score (nSPS) is 14.3.